The van der Waals surface area contributed by atoms with Crippen LogP contribution in [0.25, 0.3) is 0 Å². The Balaban J connectivity index is 1.78. The first-order valence-corrected chi connectivity index (χ1v) is 9.94. The van der Waals surface area contributed by atoms with E-state index in [1.54, 1.807) is 23.2 Å². The number of anilines is 1. The lowest BCUT2D eigenvalue weighted by molar-refractivity contribution is -0.384. The molecular weight excluding hydrogens is 444 g/mol. The quantitative estimate of drug-likeness (QED) is 0.410. The van der Waals surface area contributed by atoms with Crippen LogP contribution in [0.1, 0.15) is 22.2 Å². The number of aliphatic imine (C=N–C) groups is 1. The molecule has 0 bridgehead atoms. The highest BCUT2D eigenvalue weighted by atomic mass is 79.9. The molecule has 0 aliphatic carbocycles. The number of carbonyl (C=O) groups is 1. The molecule has 1 atom stereocenters. The van der Waals surface area contributed by atoms with Gasteiger partial charge in [0.25, 0.3) is 11.6 Å². The maximum absolute atomic E-state index is 13.3. The van der Waals surface area contributed by atoms with Crippen molar-refractivity contribution in [2.75, 3.05) is 4.90 Å². The molecule has 140 valence electrons. The first-order valence-electron chi connectivity index (χ1n) is 8.33. The first kappa shape index (κ1) is 18.5. The largest absolute Gasteiger partial charge is 0.296 e. The fourth-order valence-corrected chi connectivity index (χ4v) is 4.52. The molecule has 4 rings (SSSR count). The number of thiophene rings is 1. The molecule has 9 heteroatoms. The fraction of sp³-hybridized carbons (Fsp3) is 0.105. The number of nitro benzene ring substituents is 1. The zero-order chi connectivity index (χ0) is 19.8. The number of pyridine rings is 1. The van der Waals surface area contributed by atoms with E-state index in [0.29, 0.717) is 17.1 Å². The van der Waals surface area contributed by atoms with Crippen molar-refractivity contribution in [1.29, 1.82) is 0 Å². The van der Waals surface area contributed by atoms with Crippen molar-refractivity contribution in [3.05, 3.63) is 79.1 Å². The molecule has 0 saturated carbocycles. The van der Waals surface area contributed by atoms with Gasteiger partial charge in [0.2, 0.25) is 0 Å². The molecule has 2 aromatic heterocycles. The lowest BCUT2D eigenvalue weighted by Crippen LogP contribution is -2.45. The van der Waals surface area contributed by atoms with E-state index in [0.717, 1.165) is 14.4 Å². The highest BCUT2D eigenvalue weighted by molar-refractivity contribution is 9.11. The molecule has 1 aliphatic heterocycles. The van der Waals surface area contributed by atoms with E-state index in [1.165, 1.54) is 35.6 Å². The van der Waals surface area contributed by atoms with Crippen molar-refractivity contribution >= 4 is 56.1 Å². The molecule has 3 heterocycles. The Morgan fingerprint density at radius 1 is 1.21 bits per heavy atom. The van der Waals surface area contributed by atoms with Crippen LogP contribution in [0, 0.1) is 10.1 Å². The van der Waals surface area contributed by atoms with Gasteiger partial charge in [-0.2, -0.15) is 0 Å². The third kappa shape index (κ3) is 3.23. The second kappa shape index (κ2) is 7.25. The summed E-state index contributed by atoms with van der Waals surface area (Å²) >= 11 is 4.99. The summed E-state index contributed by atoms with van der Waals surface area (Å²) in [6.07, 6.45) is 1.63. The van der Waals surface area contributed by atoms with Crippen LogP contribution in [0.2, 0.25) is 0 Å². The number of amides is 1. The Bertz CT molecular complexity index is 1110. The summed E-state index contributed by atoms with van der Waals surface area (Å²) in [5, 5.41) is 10.9. The van der Waals surface area contributed by atoms with Crippen LogP contribution >= 0.6 is 27.3 Å². The number of fused-ring (bicyclic) bond motifs is 1. The SMILES string of the molecule is CC1C(c2ccc(Br)s2)=Nc2ncccc2N1C(=O)c1ccc([N+](=O)[O-])cc1. The molecule has 1 amide bonds. The fourth-order valence-electron chi connectivity index (χ4n) is 3.06. The van der Waals surface area contributed by atoms with Crippen molar-refractivity contribution < 1.29 is 9.72 Å². The average molecular weight is 457 g/mol. The second-order valence-electron chi connectivity index (χ2n) is 6.10. The molecule has 1 unspecified atom stereocenters. The number of benzene rings is 1. The monoisotopic (exact) mass is 456 g/mol. The topological polar surface area (TPSA) is 88.7 Å². The van der Waals surface area contributed by atoms with Gasteiger partial charge in [0, 0.05) is 23.9 Å². The summed E-state index contributed by atoms with van der Waals surface area (Å²) in [6.45, 7) is 1.91. The van der Waals surface area contributed by atoms with Gasteiger partial charge in [-0.3, -0.25) is 19.8 Å². The van der Waals surface area contributed by atoms with Gasteiger partial charge in [0.1, 0.15) is 0 Å². The van der Waals surface area contributed by atoms with Crippen LogP contribution in [-0.2, 0) is 0 Å². The zero-order valence-corrected chi connectivity index (χ0v) is 17.0. The predicted molar refractivity (Wildman–Crippen MR) is 112 cm³/mol. The van der Waals surface area contributed by atoms with Gasteiger partial charge in [-0.05, 0) is 59.3 Å². The molecule has 0 fully saturated rings. The first-order chi connectivity index (χ1) is 13.5. The van der Waals surface area contributed by atoms with Crippen molar-refractivity contribution in [3.63, 3.8) is 0 Å². The van der Waals surface area contributed by atoms with Gasteiger partial charge in [-0.1, -0.05) is 0 Å². The van der Waals surface area contributed by atoms with Crippen LogP contribution in [0.4, 0.5) is 17.2 Å². The van der Waals surface area contributed by atoms with Crippen LogP contribution in [-0.4, -0.2) is 27.6 Å². The average Bonchev–Trinajstić information content (AvgIpc) is 3.13. The summed E-state index contributed by atoms with van der Waals surface area (Å²) in [7, 11) is 0. The Kier molecular flexibility index (Phi) is 4.78. The molecule has 0 spiro atoms. The van der Waals surface area contributed by atoms with Crippen molar-refractivity contribution in [2.24, 2.45) is 4.99 Å². The highest BCUT2D eigenvalue weighted by Crippen LogP contribution is 2.37. The minimum atomic E-state index is -0.490. The number of hydrogen-bond acceptors (Lipinski definition) is 6. The summed E-state index contributed by atoms with van der Waals surface area (Å²) in [4.78, 5) is 35.3. The Hall–Kier alpha value is -2.91. The summed E-state index contributed by atoms with van der Waals surface area (Å²) in [5.41, 5.74) is 1.66. The van der Waals surface area contributed by atoms with E-state index in [9.17, 15) is 14.9 Å². The maximum Gasteiger partial charge on any atom is 0.269 e. The molecule has 0 saturated heterocycles. The normalized spacial score (nSPS) is 15.7. The highest BCUT2D eigenvalue weighted by Gasteiger charge is 2.34. The van der Waals surface area contributed by atoms with Crippen LogP contribution in [0.15, 0.2) is 63.5 Å². The van der Waals surface area contributed by atoms with Crippen LogP contribution in [0.3, 0.4) is 0 Å². The van der Waals surface area contributed by atoms with Crippen LogP contribution < -0.4 is 4.90 Å². The molecular formula is C19H13BrN4O3S. The van der Waals surface area contributed by atoms with Gasteiger partial charge < -0.3 is 0 Å². The van der Waals surface area contributed by atoms with Crippen molar-refractivity contribution in [1.82, 2.24) is 4.98 Å². The van der Waals surface area contributed by atoms with Crippen molar-refractivity contribution in [2.45, 2.75) is 13.0 Å². The molecule has 1 aromatic carbocycles. The third-order valence-electron chi connectivity index (χ3n) is 4.40. The Morgan fingerprint density at radius 2 is 1.96 bits per heavy atom. The maximum atomic E-state index is 13.3. The Morgan fingerprint density at radius 3 is 2.61 bits per heavy atom. The van der Waals surface area contributed by atoms with Gasteiger partial charge in [0.05, 0.1) is 31.0 Å². The summed E-state index contributed by atoms with van der Waals surface area (Å²) in [5.74, 6) is 0.204. The van der Waals surface area contributed by atoms with E-state index in [2.05, 4.69) is 25.9 Å². The third-order valence-corrected chi connectivity index (χ3v) is 6.05. The summed E-state index contributed by atoms with van der Waals surface area (Å²) in [6, 6.07) is 12.7. The number of rotatable bonds is 3. The van der Waals surface area contributed by atoms with Gasteiger partial charge in [0.15, 0.2) is 5.82 Å². The summed E-state index contributed by atoms with van der Waals surface area (Å²) < 4.78 is 0.970. The number of carbonyl (C=O) groups excluding carboxylic acids is 1. The molecule has 1 aliphatic rings. The Labute approximate surface area is 172 Å². The lowest BCUT2D eigenvalue weighted by atomic mass is 10.0. The van der Waals surface area contributed by atoms with E-state index >= 15 is 0 Å². The zero-order valence-electron chi connectivity index (χ0n) is 14.6. The smallest absolute Gasteiger partial charge is 0.269 e. The number of nitro groups is 1. The second-order valence-corrected chi connectivity index (χ2v) is 8.57. The minimum Gasteiger partial charge on any atom is -0.296 e. The number of hydrogen-bond donors (Lipinski definition) is 0. The number of halogens is 1. The van der Waals surface area contributed by atoms with Crippen LogP contribution in [0.5, 0.6) is 0 Å². The molecule has 0 radical (unpaired) electrons. The minimum absolute atomic E-state index is 0.0593. The van der Waals surface area contributed by atoms with Crippen molar-refractivity contribution in [3.8, 4) is 0 Å². The standard InChI is InChI=1S/C19H13BrN4O3S/c1-11-17(15-8-9-16(20)28-15)22-18-14(3-2-10-21-18)23(11)19(25)12-4-6-13(7-5-12)24(26)27/h2-11H,1H3. The number of non-ortho nitro benzene ring substituents is 1. The van der Waals surface area contributed by atoms with Gasteiger partial charge >= 0.3 is 0 Å². The lowest BCUT2D eigenvalue weighted by Gasteiger charge is -2.33. The predicted octanol–water partition coefficient (Wildman–Crippen LogP) is 4.98. The van der Waals surface area contributed by atoms with Gasteiger partial charge in [-0.25, -0.2) is 9.98 Å². The molecule has 0 N–H and O–H groups in total. The van der Waals surface area contributed by atoms with Gasteiger partial charge in [-0.15, -0.1) is 11.3 Å². The van der Waals surface area contributed by atoms with E-state index in [1.807, 2.05) is 19.1 Å². The number of nitrogens with zero attached hydrogens (tertiary/aromatic N) is 4. The molecule has 3 aromatic rings. The number of aromatic nitrogens is 1. The van der Waals surface area contributed by atoms with E-state index in [-0.39, 0.29) is 17.6 Å². The van der Waals surface area contributed by atoms with E-state index in [4.69, 9.17) is 0 Å². The molecule has 7 nitrogen and oxygen atoms in total. The van der Waals surface area contributed by atoms with E-state index < -0.39 is 4.92 Å². The molecule has 28 heavy (non-hydrogen) atoms.